The molecule has 0 aliphatic carbocycles. The minimum Gasteiger partial charge on any atom is -0.315 e. The Morgan fingerprint density at radius 2 is 1.95 bits per heavy atom. The van der Waals surface area contributed by atoms with E-state index in [1.807, 2.05) is 0 Å². The number of halogens is 1. The second-order valence-electron chi connectivity index (χ2n) is 4.60. The largest absolute Gasteiger partial charge is 0.315 e. The van der Waals surface area contributed by atoms with E-state index < -0.39 is 10.0 Å². The molecule has 0 spiro atoms. The van der Waals surface area contributed by atoms with Gasteiger partial charge in [-0.3, -0.25) is 0 Å². The van der Waals surface area contributed by atoms with E-state index >= 15 is 0 Å². The first-order valence-electron chi connectivity index (χ1n) is 6.80. The molecule has 2 aromatic rings. The van der Waals surface area contributed by atoms with Crippen LogP contribution in [-0.4, -0.2) is 33.0 Å². The quantitative estimate of drug-likeness (QED) is 0.604. The Hall–Kier alpha value is -1.21. The third-order valence-corrected chi connectivity index (χ3v) is 4.85. The Kier molecular flexibility index (Phi) is 5.52. The van der Waals surface area contributed by atoms with E-state index in [2.05, 4.69) is 21.9 Å². The molecule has 1 aromatic carbocycles. The molecule has 0 saturated heterocycles. The predicted molar refractivity (Wildman–Crippen MR) is 85.1 cm³/mol. The molecule has 0 aliphatic rings. The molecule has 0 fully saturated rings. The highest BCUT2D eigenvalue weighted by atomic mass is 35.5. The molecule has 7 heteroatoms. The molecule has 1 aromatic heterocycles. The molecule has 114 valence electrons. The van der Waals surface area contributed by atoms with Gasteiger partial charge in [-0.15, -0.1) is 0 Å². The van der Waals surface area contributed by atoms with Crippen molar-refractivity contribution >= 4 is 32.4 Å². The van der Waals surface area contributed by atoms with Gasteiger partial charge in [0, 0.05) is 30.1 Å². The highest BCUT2D eigenvalue weighted by Crippen LogP contribution is 2.26. The summed E-state index contributed by atoms with van der Waals surface area (Å²) in [5.74, 6) is 0. The van der Waals surface area contributed by atoms with Gasteiger partial charge in [-0.25, -0.2) is 18.1 Å². The van der Waals surface area contributed by atoms with Gasteiger partial charge in [0.2, 0.25) is 10.0 Å². The molecule has 0 bridgehead atoms. The first-order valence-corrected chi connectivity index (χ1v) is 8.66. The molecular weight excluding hydrogens is 310 g/mol. The van der Waals surface area contributed by atoms with E-state index in [1.54, 1.807) is 24.3 Å². The summed E-state index contributed by atoms with van der Waals surface area (Å²) in [7, 11) is -3.57. The van der Waals surface area contributed by atoms with Crippen LogP contribution in [0, 0.1) is 0 Å². The summed E-state index contributed by atoms with van der Waals surface area (Å²) in [6.07, 6.45) is 2.52. The molecule has 21 heavy (non-hydrogen) atoms. The smallest absolute Gasteiger partial charge is 0.241 e. The van der Waals surface area contributed by atoms with E-state index in [0.717, 1.165) is 13.0 Å². The van der Waals surface area contributed by atoms with Crippen molar-refractivity contribution < 1.29 is 8.42 Å². The van der Waals surface area contributed by atoms with Gasteiger partial charge >= 0.3 is 0 Å². The van der Waals surface area contributed by atoms with Crippen LogP contribution in [0.4, 0.5) is 0 Å². The van der Waals surface area contributed by atoms with Crippen LogP contribution in [0.2, 0.25) is 5.15 Å². The maximum Gasteiger partial charge on any atom is 0.241 e. The fourth-order valence-corrected chi connectivity index (χ4v) is 3.50. The van der Waals surface area contributed by atoms with Gasteiger partial charge in [0.1, 0.15) is 5.15 Å². The van der Waals surface area contributed by atoms with E-state index in [9.17, 15) is 8.42 Å². The average Bonchev–Trinajstić information content (AvgIpc) is 2.47. The number of nitrogens with one attached hydrogen (secondary N) is 2. The topological polar surface area (TPSA) is 71.1 Å². The molecule has 0 radical (unpaired) electrons. The number of hydrogen-bond donors (Lipinski definition) is 2. The predicted octanol–water partition coefficient (Wildman–Crippen LogP) is 2.17. The SMILES string of the molecule is CCCNCCNS(=O)(=O)c1cccc2c(Cl)nccc12. The first-order chi connectivity index (χ1) is 10.1. The zero-order chi connectivity index (χ0) is 15.3. The molecule has 0 aliphatic heterocycles. The fourth-order valence-electron chi connectivity index (χ4n) is 2.03. The maximum absolute atomic E-state index is 12.4. The molecular formula is C14H18ClN3O2S. The molecule has 2 rings (SSSR count). The lowest BCUT2D eigenvalue weighted by atomic mass is 10.2. The number of pyridine rings is 1. The highest BCUT2D eigenvalue weighted by molar-refractivity contribution is 7.89. The first kappa shape index (κ1) is 16.2. The van der Waals surface area contributed by atoms with Crippen LogP contribution in [0.15, 0.2) is 35.4 Å². The molecule has 5 nitrogen and oxygen atoms in total. The van der Waals surface area contributed by atoms with Crippen molar-refractivity contribution in [2.45, 2.75) is 18.2 Å². The highest BCUT2D eigenvalue weighted by Gasteiger charge is 2.17. The van der Waals surface area contributed by atoms with Crippen molar-refractivity contribution in [2.75, 3.05) is 19.6 Å². The Balaban J connectivity index is 2.22. The molecule has 0 atom stereocenters. The minimum absolute atomic E-state index is 0.222. The fraction of sp³-hybridized carbons (Fsp3) is 0.357. The Bertz CT molecular complexity index is 719. The van der Waals surface area contributed by atoms with Gasteiger partial charge in [-0.05, 0) is 25.1 Å². The van der Waals surface area contributed by atoms with Gasteiger partial charge in [-0.2, -0.15) is 0 Å². The zero-order valence-corrected chi connectivity index (χ0v) is 13.3. The van der Waals surface area contributed by atoms with Crippen LogP contribution in [-0.2, 0) is 10.0 Å². The lowest BCUT2D eigenvalue weighted by Gasteiger charge is -2.10. The summed E-state index contributed by atoms with van der Waals surface area (Å²) in [6.45, 7) is 3.88. The van der Waals surface area contributed by atoms with Crippen molar-refractivity contribution in [3.05, 3.63) is 35.6 Å². The summed E-state index contributed by atoms with van der Waals surface area (Å²) >= 11 is 6.00. The Morgan fingerprint density at radius 3 is 2.71 bits per heavy atom. The van der Waals surface area contributed by atoms with E-state index in [0.29, 0.717) is 29.0 Å². The van der Waals surface area contributed by atoms with Gasteiger partial charge in [0.05, 0.1) is 4.90 Å². The third kappa shape index (κ3) is 3.91. The van der Waals surface area contributed by atoms with Gasteiger partial charge in [-0.1, -0.05) is 30.7 Å². The van der Waals surface area contributed by atoms with Crippen LogP contribution in [0.1, 0.15) is 13.3 Å². The summed E-state index contributed by atoms with van der Waals surface area (Å²) in [5, 5.41) is 4.65. The summed E-state index contributed by atoms with van der Waals surface area (Å²) in [6, 6.07) is 6.65. The second kappa shape index (κ2) is 7.17. The molecule has 2 N–H and O–H groups in total. The minimum atomic E-state index is -3.57. The van der Waals surface area contributed by atoms with Gasteiger partial charge < -0.3 is 5.32 Å². The molecule has 0 saturated carbocycles. The van der Waals surface area contributed by atoms with E-state index in [1.165, 1.54) is 6.20 Å². The third-order valence-electron chi connectivity index (χ3n) is 3.03. The molecule has 0 amide bonds. The van der Waals surface area contributed by atoms with Crippen molar-refractivity contribution in [1.82, 2.24) is 15.0 Å². The van der Waals surface area contributed by atoms with Gasteiger partial charge in [0.25, 0.3) is 0 Å². The van der Waals surface area contributed by atoms with Crippen LogP contribution >= 0.6 is 11.6 Å². The number of nitrogens with zero attached hydrogens (tertiary/aromatic N) is 1. The van der Waals surface area contributed by atoms with Crippen LogP contribution in [0.3, 0.4) is 0 Å². The van der Waals surface area contributed by atoms with Crippen molar-refractivity contribution in [3.8, 4) is 0 Å². The van der Waals surface area contributed by atoms with Gasteiger partial charge in [0.15, 0.2) is 0 Å². The number of sulfonamides is 1. The standard InChI is InChI=1S/C14H18ClN3O2S/c1-2-7-16-9-10-18-21(19,20)13-5-3-4-12-11(13)6-8-17-14(12)15/h3-6,8,16,18H,2,7,9-10H2,1H3. The number of fused-ring (bicyclic) bond motifs is 1. The normalized spacial score (nSPS) is 11.9. The monoisotopic (exact) mass is 327 g/mol. The second-order valence-corrected chi connectivity index (χ2v) is 6.69. The summed E-state index contributed by atoms with van der Waals surface area (Å²) in [4.78, 5) is 4.19. The number of benzene rings is 1. The van der Waals surface area contributed by atoms with E-state index in [-0.39, 0.29) is 4.90 Å². The van der Waals surface area contributed by atoms with Crippen LogP contribution in [0.5, 0.6) is 0 Å². The van der Waals surface area contributed by atoms with Crippen molar-refractivity contribution in [1.29, 1.82) is 0 Å². The number of rotatable bonds is 7. The lowest BCUT2D eigenvalue weighted by molar-refractivity contribution is 0.576. The average molecular weight is 328 g/mol. The van der Waals surface area contributed by atoms with Crippen molar-refractivity contribution in [2.24, 2.45) is 0 Å². The Morgan fingerprint density at radius 1 is 1.14 bits per heavy atom. The Labute approximate surface area is 129 Å². The van der Waals surface area contributed by atoms with Crippen molar-refractivity contribution in [3.63, 3.8) is 0 Å². The van der Waals surface area contributed by atoms with Crippen LogP contribution in [0.25, 0.3) is 10.8 Å². The zero-order valence-electron chi connectivity index (χ0n) is 11.8. The maximum atomic E-state index is 12.4. The summed E-state index contributed by atoms with van der Waals surface area (Å²) < 4.78 is 27.4. The molecule has 1 heterocycles. The van der Waals surface area contributed by atoms with Crippen LogP contribution < -0.4 is 10.0 Å². The van der Waals surface area contributed by atoms with E-state index in [4.69, 9.17) is 11.6 Å². The number of aromatic nitrogens is 1. The molecule has 0 unspecified atom stereocenters. The summed E-state index contributed by atoms with van der Waals surface area (Å²) in [5.41, 5.74) is 0. The number of hydrogen-bond acceptors (Lipinski definition) is 4. The lowest BCUT2D eigenvalue weighted by Crippen LogP contribution is -2.32.